The average Bonchev–Trinajstić information content (AvgIpc) is 3.04. The predicted octanol–water partition coefficient (Wildman–Crippen LogP) is 0.995. The van der Waals surface area contributed by atoms with Gasteiger partial charge in [-0.3, -0.25) is 4.79 Å². The Kier molecular flexibility index (Phi) is 5.68. The Bertz CT molecular complexity index is 346. The number of hydrogen-bond acceptors (Lipinski definition) is 5. The monoisotopic (exact) mass is 303 g/mol. The fraction of sp³-hybridized carbons (Fsp3) is 0.846. The van der Waals surface area contributed by atoms with E-state index < -0.39 is 12.0 Å². The first kappa shape index (κ1) is 15.6. The second-order valence-electron chi connectivity index (χ2n) is 5.21. The minimum absolute atomic E-state index is 0.0976. The van der Waals surface area contributed by atoms with Gasteiger partial charge in [0.1, 0.15) is 6.04 Å². The molecule has 1 saturated carbocycles. The van der Waals surface area contributed by atoms with Crippen molar-refractivity contribution >= 4 is 24.1 Å². The van der Waals surface area contributed by atoms with Crippen LogP contribution in [0, 0.1) is 0 Å². The Labute approximate surface area is 122 Å². The van der Waals surface area contributed by atoms with Crippen LogP contribution in [0.3, 0.4) is 0 Å². The number of carboxylic acid groups (broad SMARTS) is 1. The first-order valence-electron chi connectivity index (χ1n) is 6.97. The van der Waals surface area contributed by atoms with Gasteiger partial charge in [0.05, 0.1) is 12.7 Å². The van der Waals surface area contributed by atoms with E-state index >= 15 is 0 Å². The van der Waals surface area contributed by atoms with Gasteiger partial charge in [0.15, 0.2) is 5.79 Å². The minimum Gasteiger partial charge on any atom is -0.480 e. The molecule has 0 bridgehead atoms. The SMILES string of the molecule is O=CNC(CCSCC1COC2(CCCC2)O1)C(=O)O. The summed E-state index contributed by atoms with van der Waals surface area (Å²) >= 11 is 1.64. The van der Waals surface area contributed by atoms with Crippen molar-refractivity contribution in [2.45, 2.75) is 50.0 Å². The molecule has 2 fully saturated rings. The normalized spacial score (nSPS) is 25.7. The number of rotatable bonds is 8. The Morgan fingerprint density at radius 2 is 2.25 bits per heavy atom. The molecule has 0 radical (unpaired) electrons. The van der Waals surface area contributed by atoms with Crippen molar-refractivity contribution in [2.24, 2.45) is 0 Å². The highest BCUT2D eigenvalue weighted by molar-refractivity contribution is 7.99. The molecule has 1 heterocycles. The lowest BCUT2D eigenvalue weighted by Gasteiger charge is -2.21. The molecule has 7 heteroatoms. The third-order valence-corrected chi connectivity index (χ3v) is 4.83. The predicted molar refractivity (Wildman–Crippen MR) is 74.6 cm³/mol. The molecule has 1 aliphatic heterocycles. The van der Waals surface area contributed by atoms with Crippen LogP contribution in [0.15, 0.2) is 0 Å². The Balaban J connectivity index is 1.61. The van der Waals surface area contributed by atoms with Crippen LogP contribution < -0.4 is 5.32 Å². The zero-order valence-corrected chi connectivity index (χ0v) is 12.2. The van der Waals surface area contributed by atoms with E-state index in [0.717, 1.165) is 31.4 Å². The third-order valence-electron chi connectivity index (χ3n) is 3.70. The van der Waals surface area contributed by atoms with Gasteiger partial charge < -0.3 is 19.9 Å². The Hall–Kier alpha value is -0.790. The van der Waals surface area contributed by atoms with Crippen molar-refractivity contribution < 1.29 is 24.2 Å². The number of nitrogens with one attached hydrogen (secondary N) is 1. The number of aliphatic carboxylic acids is 1. The summed E-state index contributed by atoms with van der Waals surface area (Å²) in [5.41, 5.74) is 0. The lowest BCUT2D eigenvalue weighted by atomic mass is 10.2. The molecule has 2 atom stereocenters. The van der Waals surface area contributed by atoms with Crippen LogP contribution in [0.4, 0.5) is 0 Å². The molecule has 0 aromatic rings. The van der Waals surface area contributed by atoms with E-state index in [1.54, 1.807) is 11.8 Å². The minimum atomic E-state index is -0.997. The number of carboxylic acids is 1. The molecule has 1 amide bonds. The average molecular weight is 303 g/mol. The number of thioether (sulfide) groups is 1. The summed E-state index contributed by atoms with van der Waals surface area (Å²) in [7, 11) is 0. The fourth-order valence-corrected chi connectivity index (χ4v) is 3.65. The number of amides is 1. The molecule has 0 aromatic carbocycles. The topological polar surface area (TPSA) is 84.9 Å². The standard InChI is InChI=1S/C13H21NO5S/c15-9-14-11(12(16)17)3-6-20-8-10-7-18-13(19-10)4-1-2-5-13/h9-11H,1-8H2,(H,14,15)(H,16,17). The van der Waals surface area contributed by atoms with Gasteiger partial charge in [0.2, 0.25) is 6.41 Å². The molecule has 1 spiro atoms. The zero-order chi connectivity index (χ0) is 14.4. The van der Waals surface area contributed by atoms with Gasteiger partial charge in [0.25, 0.3) is 0 Å². The summed E-state index contributed by atoms with van der Waals surface area (Å²) in [6.45, 7) is 0.627. The van der Waals surface area contributed by atoms with Gasteiger partial charge in [-0.15, -0.1) is 0 Å². The molecule has 2 aliphatic rings. The maximum Gasteiger partial charge on any atom is 0.326 e. The number of carbonyl (C=O) groups excluding carboxylic acids is 1. The first-order chi connectivity index (χ1) is 9.65. The van der Waals surface area contributed by atoms with Gasteiger partial charge in [0, 0.05) is 18.6 Å². The van der Waals surface area contributed by atoms with Crippen molar-refractivity contribution in [1.82, 2.24) is 5.32 Å². The summed E-state index contributed by atoms with van der Waals surface area (Å²) in [5, 5.41) is 11.2. The summed E-state index contributed by atoms with van der Waals surface area (Å²) in [5.74, 6) is 0.149. The van der Waals surface area contributed by atoms with Gasteiger partial charge in [-0.2, -0.15) is 11.8 Å². The van der Waals surface area contributed by atoms with Crippen molar-refractivity contribution in [1.29, 1.82) is 0 Å². The van der Waals surface area contributed by atoms with Crippen LogP contribution in [0.1, 0.15) is 32.1 Å². The van der Waals surface area contributed by atoms with Gasteiger partial charge in [-0.05, 0) is 25.0 Å². The molecular weight excluding hydrogens is 282 g/mol. The Morgan fingerprint density at radius 1 is 1.50 bits per heavy atom. The van der Waals surface area contributed by atoms with Crippen LogP contribution in [0.5, 0.6) is 0 Å². The lowest BCUT2D eigenvalue weighted by molar-refractivity contribution is -0.159. The van der Waals surface area contributed by atoms with E-state index in [-0.39, 0.29) is 11.9 Å². The van der Waals surface area contributed by atoms with Gasteiger partial charge >= 0.3 is 5.97 Å². The van der Waals surface area contributed by atoms with Crippen LogP contribution >= 0.6 is 11.8 Å². The van der Waals surface area contributed by atoms with Crippen molar-refractivity contribution in [3.8, 4) is 0 Å². The summed E-state index contributed by atoms with van der Waals surface area (Å²) in [6, 6.07) is -0.804. The van der Waals surface area contributed by atoms with Crippen LogP contribution in [-0.2, 0) is 19.1 Å². The van der Waals surface area contributed by atoms with E-state index in [9.17, 15) is 9.59 Å². The smallest absolute Gasteiger partial charge is 0.326 e. The van der Waals surface area contributed by atoms with E-state index in [0.29, 0.717) is 25.2 Å². The number of ether oxygens (including phenoxy) is 2. The lowest BCUT2D eigenvalue weighted by Crippen LogP contribution is -2.36. The molecular formula is C13H21NO5S. The van der Waals surface area contributed by atoms with Crippen LogP contribution in [-0.4, -0.2) is 53.5 Å². The molecule has 1 saturated heterocycles. The number of hydrogen-bond donors (Lipinski definition) is 2. The largest absolute Gasteiger partial charge is 0.480 e. The van der Waals surface area contributed by atoms with E-state index in [4.69, 9.17) is 14.6 Å². The second-order valence-corrected chi connectivity index (χ2v) is 6.36. The second kappa shape index (κ2) is 7.28. The summed E-state index contributed by atoms with van der Waals surface area (Å²) in [6.07, 6.45) is 5.24. The summed E-state index contributed by atoms with van der Waals surface area (Å²) in [4.78, 5) is 21.1. The highest BCUT2D eigenvalue weighted by Gasteiger charge is 2.43. The molecule has 1 aliphatic carbocycles. The zero-order valence-electron chi connectivity index (χ0n) is 11.4. The highest BCUT2D eigenvalue weighted by Crippen LogP contribution is 2.39. The fourth-order valence-electron chi connectivity index (χ4n) is 2.65. The maximum atomic E-state index is 10.8. The van der Waals surface area contributed by atoms with Crippen LogP contribution in [0.2, 0.25) is 0 Å². The molecule has 6 nitrogen and oxygen atoms in total. The van der Waals surface area contributed by atoms with Crippen LogP contribution in [0.25, 0.3) is 0 Å². The molecule has 0 aromatic heterocycles. The molecule has 114 valence electrons. The van der Waals surface area contributed by atoms with Crippen molar-refractivity contribution in [3.05, 3.63) is 0 Å². The summed E-state index contributed by atoms with van der Waals surface area (Å²) < 4.78 is 11.8. The molecule has 2 unspecified atom stereocenters. The van der Waals surface area contributed by atoms with Gasteiger partial charge in [-0.25, -0.2) is 4.79 Å². The van der Waals surface area contributed by atoms with E-state index in [2.05, 4.69) is 5.32 Å². The molecule has 20 heavy (non-hydrogen) atoms. The third kappa shape index (κ3) is 4.10. The van der Waals surface area contributed by atoms with E-state index in [1.165, 1.54) is 0 Å². The Morgan fingerprint density at radius 3 is 2.90 bits per heavy atom. The quantitative estimate of drug-likeness (QED) is 0.514. The maximum absolute atomic E-state index is 10.8. The highest BCUT2D eigenvalue weighted by atomic mass is 32.2. The van der Waals surface area contributed by atoms with Crippen molar-refractivity contribution in [3.63, 3.8) is 0 Å². The molecule has 2 rings (SSSR count). The number of carbonyl (C=O) groups is 2. The van der Waals surface area contributed by atoms with E-state index in [1.807, 2.05) is 0 Å². The van der Waals surface area contributed by atoms with Crippen molar-refractivity contribution in [2.75, 3.05) is 18.1 Å². The van der Waals surface area contributed by atoms with Gasteiger partial charge in [-0.1, -0.05) is 0 Å². The molecule has 2 N–H and O–H groups in total. The first-order valence-corrected chi connectivity index (χ1v) is 8.13.